The molecule has 0 spiro atoms. The zero-order valence-corrected chi connectivity index (χ0v) is 13.8. The fraction of sp³-hybridized carbons (Fsp3) is 0.250. The number of aryl methyl sites for hydroxylation is 1. The lowest BCUT2D eigenvalue weighted by atomic mass is 9.89. The Hall–Kier alpha value is -0.770. The second-order valence-corrected chi connectivity index (χ2v) is 6.19. The van der Waals surface area contributed by atoms with Gasteiger partial charge >= 0.3 is 0 Å². The highest BCUT2D eigenvalue weighted by Gasteiger charge is 2.22. The van der Waals surface area contributed by atoms with Gasteiger partial charge in [0, 0.05) is 17.5 Å². The minimum absolute atomic E-state index is 0.264. The molecule has 2 atom stereocenters. The van der Waals surface area contributed by atoms with Crippen LogP contribution in [-0.4, -0.2) is 11.7 Å². The van der Waals surface area contributed by atoms with Crippen LogP contribution in [-0.2, 0) is 0 Å². The maximum absolute atomic E-state index is 10.6. The molecule has 2 aromatic carbocycles. The van der Waals surface area contributed by atoms with E-state index in [0.29, 0.717) is 21.6 Å². The molecule has 0 saturated carbocycles. The summed E-state index contributed by atoms with van der Waals surface area (Å²) in [5, 5.41) is 12.2. The lowest BCUT2D eigenvalue weighted by Crippen LogP contribution is -2.20. The van der Waals surface area contributed by atoms with E-state index >= 15 is 0 Å². The second kappa shape index (κ2) is 6.99. The number of aliphatic hydroxyl groups is 1. The summed E-state index contributed by atoms with van der Waals surface area (Å²) >= 11 is 18.0. The van der Waals surface area contributed by atoms with E-state index in [1.54, 1.807) is 24.3 Å². The van der Waals surface area contributed by atoms with E-state index < -0.39 is 6.10 Å². The molecule has 0 bridgehead atoms. The van der Waals surface area contributed by atoms with E-state index in [4.69, 9.17) is 40.5 Å². The molecule has 0 heterocycles. The zero-order chi connectivity index (χ0) is 15.6. The Balaban J connectivity index is 2.35. The van der Waals surface area contributed by atoms with Gasteiger partial charge in [-0.15, -0.1) is 0 Å². The fourth-order valence-corrected chi connectivity index (χ4v) is 2.70. The van der Waals surface area contributed by atoms with Crippen molar-refractivity contribution in [2.24, 2.45) is 5.73 Å². The van der Waals surface area contributed by atoms with Crippen LogP contribution in [0.25, 0.3) is 0 Å². The summed E-state index contributed by atoms with van der Waals surface area (Å²) in [6.45, 7) is 2.19. The van der Waals surface area contributed by atoms with Crippen LogP contribution in [0.1, 0.15) is 28.7 Å². The third-order valence-corrected chi connectivity index (χ3v) is 4.69. The number of halogens is 3. The SMILES string of the molecule is Cc1cc(C(O)C(CN)c2ccc(Cl)c(Cl)c2)ccc1Cl. The summed E-state index contributed by atoms with van der Waals surface area (Å²) in [5.41, 5.74) is 8.38. The van der Waals surface area contributed by atoms with Crippen molar-refractivity contribution in [3.63, 3.8) is 0 Å². The van der Waals surface area contributed by atoms with E-state index in [1.807, 2.05) is 19.1 Å². The predicted molar refractivity (Wildman–Crippen MR) is 89.4 cm³/mol. The van der Waals surface area contributed by atoms with E-state index in [0.717, 1.165) is 16.7 Å². The van der Waals surface area contributed by atoms with Gasteiger partial charge in [0.15, 0.2) is 0 Å². The third-order valence-electron chi connectivity index (χ3n) is 3.53. The molecular formula is C16H16Cl3NO. The van der Waals surface area contributed by atoms with Gasteiger partial charge in [-0.05, 0) is 41.8 Å². The maximum atomic E-state index is 10.6. The minimum atomic E-state index is -0.733. The van der Waals surface area contributed by atoms with Crippen molar-refractivity contribution in [2.75, 3.05) is 6.54 Å². The van der Waals surface area contributed by atoms with Crippen LogP contribution in [0.2, 0.25) is 15.1 Å². The largest absolute Gasteiger partial charge is 0.388 e. The molecule has 0 aromatic heterocycles. The zero-order valence-electron chi connectivity index (χ0n) is 11.5. The van der Waals surface area contributed by atoms with Crippen LogP contribution in [0, 0.1) is 6.92 Å². The number of hydrogen-bond acceptors (Lipinski definition) is 2. The first-order valence-electron chi connectivity index (χ1n) is 6.53. The van der Waals surface area contributed by atoms with Crippen molar-refractivity contribution < 1.29 is 5.11 Å². The van der Waals surface area contributed by atoms with Crippen LogP contribution in [0.3, 0.4) is 0 Å². The first-order valence-corrected chi connectivity index (χ1v) is 7.66. The highest BCUT2D eigenvalue weighted by atomic mass is 35.5. The van der Waals surface area contributed by atoms with Gasteiger partial charge in [-0.2, -0.15) is 0 Å². The summed E-state index contributed by atoms with van der Waals surface area (Å²) < 4.78 is 0. The molecule has 0 radical (unpaired) electrons. The van der Waals surface area contributed by atoms with Gasteiger partial charge in [-0.3, -0.25) is 0 Å². The summed E-state index contributed by atoms with van der Waals surface area (Å²) in [4.78, 5) is 0. The summed E-state index contributed by atoms with van der Waals surface area (Å²) in [6, 6.07) is 10.7. The first-order chi connectivity index (χ1) is 9.93. The Labute approximate surface area is 139 Å². The van der Waals surface area contributed by atoms with Crippen LogP contribution in [0.4, 0.5) is 0 Å². The number of hydrogen-bond donors (Lipinski definition) is 2. The molecular weight excluding hydrogens is 329 g/mol. The van der Waals surface area contributed by atoms with E-state index in [1.165, 1.54) is 0 Å². The van der Waals surface area contributed by atoms with Crippen LogP contribution < -0.4 is 5.73 Å². The van der Waals surface area contributed by atoms with Gasteiger partial charge in [-0.25, -0.2) is 0 Å². The molecule has 0 aliphatic rings. The van der Waals surface area contributed by atoms with Crippen LogP contribution in [0.5, 0.6) is 0 Å². The number of rotatable bonds is 4. The topological polar surface area (TPSA) is 46.2 Å². The van der Waals surface area contributed by atoms with Gasteiger partial charge in [0.05, 0.1) is 16.1 Å². The smallest absolute Gasteiger partial charge is 0.0870 e. The van der Waals surface area contributed by atoms with Crippen molar-refractivity contribution in [3.05, 3.63) is 68.2 Å². The lowest BCUT2D eigenvalue weighted by molar-refractivity contribution is 0.147. The summed E-state index contributed by atoms with van der Waals surface area (Å²) in [6.07, 6.45) is -0.733. The summed E-state index contributed by atoms with van der Waals surface area (Å²) in [7, 11) is 0. The molecule has 0 aliphatic carbocycles. The molecule has 2 nitrogen and oxygen atoms in total. The number of aliphatic hydroxyl groups excluding tert-OH is 1. The second-order valence-electron chi connectivity index (χ2n) is 4.97. The standard InChI is InChI=1S/C16H16Cl3NO/c1-9-6-11(3-4-13(9)17)16(21)12(8-20)10-2-5-14(18)15(19)7-10/h2-7,12,16,21H,8,20H2,1H3. The molecule has 2 aromatic rings. The predicted octanol–water partition coefficient (Wildman–Crippen LogP) is 4.73. The van der Waals surface area contributed by atoms with Crippen molar-refractivity contribution in [3.8, 4) is 0 Å². The molecule has 0 amide bonds. The molecule has 0 aliphatic heterocycles. The minimum Gasteiger partial charge on any atom is -0.388 e. The highest BCUT2D eigenvalue weighted by molar-refractivity contribution is 6.42. The average molecular weight is 345 g/mol. The fourth-order valence-electron chi connectivity index (χ4n) is 2.27. The maximum Gasteiger partial charge on any atom is 0.0870 e. The monoisotopic (exact) mass is 343 g/mol. The third kappa shape index (κ3) is 3.71. The molecule has 2 unspecified atom stereocenters. The Morgan fingerprint density at radius 2 is 1.57 bits per heavy atom. The van der Waals surface area contributed by atoms with Crippen molar-refractivity contribution in [1.82, 2.24) is 0 Å². The molecule has 21 heavy (non-hydrogen) atoms. The molecule has 5 heteroatoms. The van der Waals surface area contributed by atoms with E-state index in [-0.39, 0.29) is 5.92 Å². The molecule has 2 rings (SSSR count). The quantitative estimate of drug-likeness (QED) is 0.842. The molecule has 3 N–H and O–H groups in total. The molecule has 0 saturated heterocycles. The van der Waals surface area contributed by atoms with Gasteiger partial charge in [0.25, 0.3) is 0 Å². The lowest BCUT2D eigenvalue weighted by Gasteiger charge is -2.23. The van der Waals surface area contributed by atoms with Crippen LogP contribution in [0.15, 0.2) is 36.4 Å². The summed E-state index contributed by atoms with van der Waals surface area (Å²) in [5.74, 6) is -0.264. The Morgan fingerprint density at radius 1 is 0.952 bits per heavy atom. The van der Waals surface area contributed by atoms with Gasteiger partial charge in [0.2, 0.25) is 0 Å². The van der Waals surface area contributed by atoms with Crippen molar-refractivity contribution in [2.45, 2.75) is 18.9 Å². The van der Waals surface area contributed by atoms with Crippen LogP contribution >= 0.6 is 34.8 Å². The molecule has 112 valence electrons. The number of benzene rings is 2. The average Bonchev–Trinajstić information content (AvgIpc) is 2.46. The van der Waals surface area contributed by atoms with Crippen molar-refractivity contribution >= 4 is 34.8 Å². The number of nitrogens with two attached hydrogens (primary N) is 1. The van der Waals surface area contributed by atoms with Gasteiger partial charge in [-0.1, -0.05) is 53.0 Å². The normalized spacial score (nSPS) is 14.0. The Bertz CT molecular complexity index is 645. The Kier molecular flexibility index (Phi) is 5.53. The van der Waals surface area contributed by atoms with Crippen molar-refractivity contribution in [1.29, 1.82) is 0 Å². The Morgan fingerprint density at radius 3 is 2.14 bits per heavy atom. The van der Waals surface area contributed by atoms with Gasteiger partial charge < -0.3 is 10.8 Å². The first kappa shape index (κ1) is 16.6. The van der Waals surface area contributed by atoms with E-state index in [2.05, 4.69) is 0 Å². The molecule has 0 fully saturated rings. The van der Waals surface area contributed by atoms with E-state index in [9.17, 15) is 5.11 Å². The van der Waals surface area contributed by atoms with Gasteiger partial charge in [0.1, 0.15) is 0 Å². The highest BCUT2D eigenvalue weighted by Crippen LogP contribution is 2.34.